The van der Waals surface area contributed by atoms with Gasteiger partial charge in [0.15, 0.2) is 10.8 Å². The zero-order chi connectivity index (χ0) is 21.8. The van der Waals surface area contributed by atoms with Crippen LogP contribution in [0.15, 0.2) is 36.5 Å². The summed E-state index contributed by atoms with van der Waals surface area (Å²) < 4.78 is 41.6. The molecule has 4 heterocycles. The topological polar surface area (TPSA) is 89.5 Å². The Balaban J connectivity index is 1.45. The Morgan fingerprint density at radius 3 is 2.81 bits per heavy atom. The summed E-state index contributed by atoms with van der Waals surface area (Å²) in [5.74, 6) is 0.371. The first kappa shape index (κ1) is 19.7. The second-order valence-corrected chi connectivity index (χ2v) is 8.40. The summed E-state index contributed by atoms with van der Waals surface area (Å²) in [4.78, 5) is 17.2. The lowest BCUT2D eigenvalue weighted by Crippen LogP contribution is -2.35. The van der Waals surface area contributed by atoms with Crippen LogP contribution < -0.4 is 4.90 Å². The van der Waals surface area contributed by atoms with Gasteiger partial charge in [-0.05, 0) is 31.0 Å². The molecule has 0 spiro atoms. The number of halogens is 3. The van der Waals surface area contributed by atoms with Crippen molar-refractivity contribution < 1.29 is 18.1 Å². The SMILES string of the molecule is O=[N+]([O-])c1ccc2nc(N3CCCC(c4nnc5ccc(C(F)(F)F)cn45)C3)sc2c1. The molecule has 160 valence electrons. The van der Waals surface area contributed by atoms with Crippen LogP contribution in [0.3, 0.4) is 0 Å². The van der Waals surface area contributed by atoms with Gasteiger partial charge in [-0.15, -0.1) is 10.2 Å². The lowest BCUT2D eigenvalue weighted by molar-refractivity contribution is -0.384. The van der Waals surface area contributed by atoms with Gasteiger partial charge in [0, 0.05) is 37.3 Å². The molecule has 0 aliphatic carbocycles. The number of nitrogens with zero attached hydrogens (tertiary/aromatic N) is 6. The second-order valence-electron chi connectivity index (χ2n) is 7.39. The van der Waals surface area contributed by atoms with Gasteiger partial charge in [-0.3, -0.25) is 14.5 Å². The maximum Gasteiger partial charge on any atom is 0.417 e. The van der Waals surface area contributed by atoms with E-state index in [9.17, 15) is 23.3 Å². The van der Waals surface area contributed by atoms with Crippen LogP contribution >= 0.6 is 11.3 Å². The van der Waals surface area contributed by atoms with Crippen LogP contribution in [-0.4, -0.2) is 37.6 Å². The lowest BCUT2D eigenvalue weighted by Gasteiger charge is -2.31. The average molecular weight is 448 g/mol. The van der Waals surface area contributed by atoms with Crippen molar-refractivity contribution in [3.05, 3.63) is 58.0 Å². The number of thiazole rings is 1. The maximum absolute atomic E-state index is 13.1. The van der Waals surface area contributed by atoms with Crippen molar-refractivity contribution in [3.63, 3.8) is 0 Å². The summed E-state index contributed by atoms with van der Waals surface area (Å²) >= 11 is 1.36. The molecule has 1 unspecified atom stereocenters. The predicted molar refractivity (Wildman–Crippen MR) is 108 cm³/mol. The van der Waals surface area contributed by atoms with Crippen molar-refractivity contribution >= 4 is 38.0 Å². The molecule has 0 saturated carbocycles. The number of non-ortho nitro benzene ring substituents is 1. The molecule has 1 aliphatic heterocycles. The standard InChI is InChI=1S/C19H15F3N6O2S/c20-19(21,22)12-3-6-16-24-25-17(27(16)10-12)11-2-1-7-26(9-11)18-23-14-5-4-13(28(29)30)8-15(14)31-18/h3-6,8,10-11H,1-2,7,9H2. The van der Waals surface area contributed by atoms with Crippen molar-refractivity contribution in [1.29, 1.82) is 0 Å². The third kappa shape index (κ3) is 3.56. The first-order valence-corrected chi connectivity index (χ1v) is 10.3. The van der Waals surface area contributed by atoms with Crippen LogP contribution in [0, 0.1) is 10.1 Å². The molecule has 8 nitrogen and oxygen atoms in total. The number of nitro groups is 1. The first-order valence-electron chi connectivity index (χ1n) is 9.51. The van der Waals surface area contributed by atoms with Gasteiger partial charge in [0.2, 0.25) is 0 Å². The lowest BCUT2D eigenvalue weighted by atomic mass is 9.97. The van der Waals surface area contributed by atoms with Crippen LogP contribution in [0.1, 0.15) is 30.1 Å². The Labute approximate surface area is 177 Å². The van der Waals surface area contributed by atoms with Crippen molar-refractivity contribution in [2.24, 2.45) is 0 Å². The molecule has 1 atom stereocenters. The van der Waals surface area contributed by atoms with Crippen LogP contribution in [-0.2, 0) is 6.18 Å². The minimum atomic E-state index is -4.45. The number of fused-ring (bicyclic) bond motifs is 2. The van der Waals surface area contributed by atoms with Crippen LogP contribution in [0.2, 0.25) is 0 Å². The minimum Gasteiger partial charge on any atom is -0.347 e. The molecule has 0 N–H and O–H groups in total. The quantitative estimate of drug-likeness (QED) is 0.335. The largest absolute Gasteiger partial charge is 0.417 e. The number of hydrogen-bond acceptors (Lipinski definition) is 7. The number of pyridine rings is 1. The Hall–Kier alpha value is -3.28. The second kappa shape index (κ2) is 7.15. The molecular weight excluding hydrogens is 433 g/mol. The fraction of sp³-hybridized carbons (Fsp3) is 0.316. The van der Waals surface area contributed by atoms with E-state index in [0.717, 1.165) is 36.8 Å². The zero-order valence-electron chi connectivity index (χ0n) is 15.9. The summed E-state index contributed by atoms with van der Waals surface area (Å²) in [7, 11) is 0. The number of benzene rings is 1. The molecule has 12 heteroatoms. The van der Waals surface area contributed by atoms with E-state index in [4.69, 9.17) is 0 Å². The third-order valence-corrected chi connectivity index (χ3v) is 6.46. The fourth-order valence-corrected chi connectivity index (χ4v) is 4.90. The van der Waals surface area contributed by atoms with E-state index >= 15 is 0 Å². The summed E-state index contributed by atoms with van der Waals surface area (Å²) in [6, 6.07) is 6.87. The highest BCUT2D eigenvalue weighted by molar-refractivity contribution is 7.22. The normalized spacial score (nSPS) is 17.5. The summed E-state index contributed by atoms with van der Waals surface area (Å²) in [5.41, 5.74) is 0.305. The van der Waals surface area contributed by atoms with E-state index in [-0.39, 0.29) is 11.6 Å². The van der Waals surface area contributed by atoms with E-state index in [1.54, 1.807) is 6.07 Å². The molecule has 4 aromatic rings. The van der Waals surface area contributed by atoms with Crippen LogP contribution in [0.5, 0.6) is 0 Å². The van der Waals surface area contributed by atoms with E-state index in [1.807, 2.05) is 0 Å². The molecule has 1 saturated heterocycles. The fourth-order valence-electron chi connectivity index (χ4n) is 3.87. The molecule has 1 aliphatic rings. The monoisotopic (exact) mass is 448 g/mol. The Bertz CT molecular complexity index is 1300. The molecule has 1 fully saturated rings. The van der Waals surface area contributed by atoms with Crippen LogP contribution in [0.4, 0.5) is 24.0 Å². The van der Waals surface area contributed by atoms with Gasteiger partial charge < -0.3 is 4.90 Å². The third-order valence-electron chi connectivity index (χ3n) is 5.38. The van der Waals surface area contributed by atoms with Crippen molar-refractivity contribution in [1.82, 2.24) is 19.6 Å². The van der Waals surface area contributed by atoms with Crippen molar-refractivity contribution in [2.45, 2.75) is 24.9 Å². The van der Waals surface area contributed by atoms with Crippen molar-refractivity contribution in [2.75, 3.05) is 18.0 Å². The molecule has 5 rings (SSSR count). The summed E-state index contributed by atoms with van der Waals surface area (Å²) in [6.07, 6.45) is -1.82. The average Bonchev–Trinajstić information content (AvgIpc) is 3.36. The number of rotatable bonds is 3. The van der Waals surface area contributed by atoms with Gasteiger partial charge in [0.25, 0.3) is 5.69 Å². The van der Waals surface area contributed by atoms with Gasteiger partial charge in [-0.25, -0.2) is 4.98 Å². The van der Waals surface area contributed by atoms with E-state index in [2.05, 4.69) is 20.1 Å². The number of alkyl halides is 3. The number of aromatic nitrogens is 4. The van der Waals surface area contributed by atoms with Crippen LogP contribution in [0.25, 0.3) is 15.9 Å². The van der Waals surface area contributed by atoms with E-state index in [1.165, 1.54) is 33.9 Å². The smallest absolute Gasteiger partial charge is 0.347 e. The number of anilines is 1. The summed E-state index contributed by atoms with van der Waals surface area (Å²) in [6.45, 7) is 1.27. The highest BCUT2D eigenvalue weighted by Gasteiger charge is 2.32. The Kier molecular flexibility index (Phi) is 4.54. The van der Waals surface area contributed by atoms with Gasteiger partial charge in [0.1, 0.15) is 5.82 Å². The number of piperidine rings is 1. The zero-order valence-corrected chi connectivity index (χ0v) is 16.7. The molecule has 3 aromatic heterocycles. The molecule has 0 bridgehead atoms. The molecular formula is C19H15F3N6O2S. The number of nitro benzene ring substituents is 1. The highest BCUT2D eigenvalue weighted by atomic mass is 32.1. The first-order chi connectivity index (χ1) is 14.8. The van der Waals surface area contributed by atoms with Gasteiger partial charge in [-0.1, -0.05) is 11.3 Å². The highest BCUT2D eigenvalue weighted by Crippen LogP contribution is 2.36. The van der Waals surface area contributed by atoms with Gasteiger partial charge >= 0.3 is 6.18 Å². The molecule has 0 amide bonds. The number of hydrogen-bond donors (Lipinski definition) is 0. The Morgan fingerprint density at radius 2 is 2.03 bits per heavy atom. The molecule has 0 radical (unpaired) electrons. The Morgan fingerprint density at radius 1 is 1.19 bits per heavy atom. The summed E-state index contributed by atoms with van der Waals surface area (Å²) in [5, 5.41) is 19.9. The van der Waals surface area contributed by atoms with E-state index < -0.39 is 16.7 Å². The van der Waals surface area contributed by atoms with Crippen molar-refractivity contribution in [3.8, 4) is 0 Å². The maximum atomic E-state index is 13.1. The molecule has 1 aromatic carbocycles. The minimum absolute atomic E-state index is 0.00891. The predicted octanol–water partition coefficient (Wildman–Crippen LogP) is 4.65. The molecule has 31 heavy (non-hydrogen) atoms. The van der Waals surface area contributed by atoms with Gasteiger partial charge in [0.05, 0.1) is 20.7 Å². The van der Waals surface area contributed by atoms with E-state index in [0.29, 0.717) is 28.2 Å². The van der Waals surface area contributed by atoms with Gasteiger partial charge in [-0.2, -0.15) is 13.2 Å².